The number of para-hydroxylation sites is 1. The first kappa shape index (κ1) is 14.4. The smallest absolute Gasteiger partial charge is 0.168 e. The monoisotopic (exact) mass is 315 g/mol. The van der Waals surface area contributed by atoms with Crippen LogP contribution in [0, 0.1) is 6.92 Å². The normalized spacial score (nSPS) is 10.9. The van der Waals surface area contributed by atoms with Crippen molar-refractivity contribution in [3.05, 3.63) is 72.7 Å². The van der Waals surface area contributed by atoms with Crippen molar-refractivity contribution in [1.29, 1.82) is 0 Å². The summed E-state index contributed by atoms with van der Waals surface area (Å²) in [5, 5.41) is 5.45. The van der Waals surface area contributed by atoms with Crippen LogP contribution in [0.15, 0.2) is 67.1 Å². The van der Waals surface area contributed by atoms with Crippen LogP contribution in [0.1, 0.15) is 5.56 Å². The molecule has 0 fully saturated rings. The van der Waals surface area contributed by atoms with E-state index in [9.17, 15) is 0 Å². The molecule has 0 bridgehead atoms. The Kier molecular flexibility index (Phi) is 3.46. The molecule has 2 aromatic carbocycles. The van der Waals surface area contributed by atoms with E-state index in [2.05, 4.69) is 46.3 Å². The Hall–Kier alpha value is -3.21. The number of nitrogens with zero attached hydrogens (tertiary/aromatic N) is 5. The van der Waals surface area contributed by atoms with Gasteiger partial charge in [0.05, 0.1) is 17.3 Å². The number of aryl methyl sites for hydroxylation is 1. The summed E-state index contributed by atoms with van der Waals surface area (Å²) in [6, 6.07) is 18.4. The largest absolute Gasteiger partial charge is 0.329 e. The summed E-state index contributed by atoms with van der Waals surface area (Å²) in [5.74, 6) is 0.838. The Labute approximate surface area is 140 Å². The van der Waals surface area contributed by atoms with Crippen molar-refractivity contribution in [3.63, 3.8) is 0 Å². The molecule has 0 N–H and O–H groups in total. The lowest BCUT2D eigenvalue weighted by Gasteiger charge is -2.18. The fraction of sp³-hybridized carbons (Fsp3) is 0.105. The predicted octanol–water partition coefficient (Wildman–Crippen LogP) is 3.89. The van der Waals surface area contributed by atoms with Gasteiger partial charge >= 0.3 is 0 Å². The van der Waals surface area contributed by atoms with Gasteiger partial charge in [-0.1, -0.05) is 30.3 Å². The number of hydrogen-bond acceptors (Lipinski definition) is 4. The number of benzene rings is 2. The van der Waals surface area contributed by atoms with Crippen molar-refractivity contribution >= 4 is 22.5 Å². The minimum Gasteiger partial charge on any atom is -0.329 e. The number of hydrogen-bond donors (Lipinski definition) is 0. The second-order valence-electron chi connectivity index (χ2n) is 5.72. The quantitative estimate of drug-likeness (QED) is 0.575. The summed E-state index contributed by atoms with van der Waals surface area (Å²) in [7, 11) is 2.00. The molecule has 0 atom stereocenters. The molecule has 24 heavy (non-hydrogen) atoms. The first-order valence-corrected chi connectivity index (χ1v) is 7.78. The van der Waals surface area contributed by atoms with E-state index in [0.29, 0.717) is 0 Å². The summed E-state index contributed by atoms with van der Waals surface area (Å²) in [5.41, 5.74) is 4.05. The fourth-order valence-corrected chi connectivity index (χ4v) is 2.82. The highest BCUT2D eigenvalue weighted by Crippen LogP contribution is 2.28. The van der Waals surface area contributed by atoms with E-state index in [4.69, 9.17) is 0 Å². The molecule has 0 amide bonds. The van der Waals surface area contributed by atoms with Crippen LogP contribution in [0.4, 0.5) is 11.5 Å². The number of anilines is 2. The van der Waals surface area contributed by atoms with Gasteiger partial charge in [0.15, 0.2) is 5.65 Å². The van der Waals surface area contributed by atoms with E-state index in [1.54, 1.807) is 6.33 Å². The molecule has 0 spiro atoms. The molecular formula is C19H17N5. The highest BCUT2D eigenvalue weighted by Gasteiger charge is 2.14. The summed E-state index contributed by atoms with van der Waals surface area (Å²) in [6.07, 6.45) is 3.41. The van der Waals surface area contributed by atoms with Crippen LogP contribution < -0.4 is 4.90 Å². The molecule has 0 aliphatic heterocycles. The Bertz CT molecular complexity index is 991. The number of rotatable bonds is 3. The lowest BCUT2D eigenvalue weighted by atomic mass is 10.2. The molecule has 2 heterocycles. The Morgan fingerprint density at radius 1 is 0.958 bits per heavy atom. The molecule has 4 rings (SSSR count). The predicted molar refractivity (Wildman–Crippen MR) is 95.9 cm³/mol. The van der Waals surface area contributed by atoms with Gasteiger partial charge in [0.25, 0.3) is 0 Å². The third-order valence-electron chi connectivity index (χ3n) is 4.05. The van der Waals surface area contributed by atoms with Gasteiger partial charge in [-0.2, -0.15) is 5.10 Å². The number of aromatic nitrogens is 4. The molecule has 5 heteroatoms. The summed E-state index contributed by atoms with van der Waals surface area (Å²) >= 11 is 0. The van der Waals surface area contributed by atoms with E-state index in [1.807, 2.05) is 53.2 Å². The molecule has 5 nitrogen and oxygen atoms in total. The maximum Gasteiger partial charge on any atom is 0.168 e. The summed E-state index contributed by atoms with van der Waals surface area (Å²) < 4.78 is 1.85. The van der Waals surface area contributed by atoms with Crippen LogP contribution in [0.25, 0.3) is 16.7 Å². The molecule has 118 valence electrons. The third-order valence-corrected chi connectivity index (χ3v) is 4.05. The molecule has 0 aliphatic carbocycles. The SMILES string of the molecule is Cc1cccc(-n2ncc3c(N(C)c4ccccc4)ncnc32)c1. The maximum absolute atomic E-state index is 4.53. The van der Waals surface area contributed by atoms with Crippen LogP contribution in [-0.2, 0) is 0 Å². The van der Waals surface area contributed by atoms with Crippen molar-refractivity contribution in [3.8, 4) is 5.69 Å². The van der Waals surface area contributed by atoms with E-state index in [-0.39, 0.29) is 0 Å². The lowest BCUT2D eigenvalue weighted by Crippen LogP contribution is -2.11. The van der Waals surface area contributed by atoms with Gasteiger partial charge in [-0.3, -0.25) is 0 Å². The maximum atomic E-state index is 4.53. The van der Waals surface area contributed by atoms with E-state index >= 15 is 0 Å². The van der Waals surface area contributed by atoms with Gasteiger partial charge in [-0.15, -0.1) is 0 Å². The van der Waals surface area contributed by atoms with E-state index in [1.165, 1.54) is 5.56 Å². The minimum atomic E-state index is 0.799. The second kappa shape index (κ2) is 5.77. The van der Waals surface area contributed by atoms with E-state index in [0.717, 1.165) is 28.2 Å². The van der Waals surface area contributed by atoms with Crippen molar-refractivity contribution < 1.29 is 0 Å². The third kappa shape index (κ3) is 2.40. The lowest BCUT2D eigenvalue weighted by molar-refractivity contribution is 0.893. The zero-order valence-electron chi connectivity index (χ0n) is 13.6. The standard InChI is InChI=1S/C19H17N5/c1-14-7-6-10-16(11-14)24-19-17(12-22-24)18(20-13-21-19)23(2)15-8-4-3-5-9-15/h3-13H,1-2H3. The Balaban J connectivity index is 1.85. The zero-order valence-corrected chi connectivity index (χ0v) is 13.6. The minimum absolute atomic E-state index is 0.799. The molecule has 0 aliphatic rings. The van der Waals surface area contributed by atoms with Crippen LogP contribution in [-0.4, -0.2) is 26.8 Å². The Morgan fingerprint density at radius 2 is 1.79 bits per heavy atom. The van der Waals surface area contributed by atoms with Gasteiger partial charge in [-0.25, -0.2) is 14.6 Å². The van der Waals surface area contributed by atoms with Crippen molar-refractivity contribution in [2.75, 3.05) is 11.9 Å². The summed E-state index contributed by atoms with van der Waals surface area (Å²) in [6.45, 7) is 2.07. The Morgan fingerprint density at radius 3 is 2.58 bits per heavy atom. The van der Waals surface area contributed by atoms with Gasteiger partial charge in [-0.05, 0) is 36.8 Å². The van der Waals surface area contributed by atoms with E-state index < -0.39 is 0 Å². The van der Waals surface area contributed by atoms with Gasteiger partial charge in [0.1, 0.15) is 12.1 Å². The zero-order chi connectivity index (χ0) is 16.5. The fourth-order valence-electron chi connectivity index (χ4n) is 2.82. The van der Waals surface area contributed by atoms with Crippen molar-refractivity contribution in [1.82, 2.24) is 19.7 Å². The first-order valence-electron chi connectivity index (χ1n) is 7.78. The average molecular weight is 315 g/mol. The molecule has 0 saturated carbocycles. The molecule has 2 aromatic heterocycles. The number of fused-ring (bicyclic) bond motifs is 1. The van der Waals surface area contributed by atoms with Gasteiger partial charge in [0, 0.05) is 12.7 Å². The highest BCUT2D eigenvalue weighted by molar-refractivity contribution is 5.89. The first-order chi connectivity index (χ1) is 11.7. The van der Waals surface area contributed by atoms with Crippen LogP contribution in [0.3, 0.4) is 0 Å². The topological polar surface area (TPSA) is 46.8 Å². The van der Waals surface area contributed by atoms with Crippen molar-refractivity contribution in [2.45, 2.75) is 6.92 Å². The molecule has 0 saturated heterocycles. The molecule has 0 unspecified atom stereocenters. The second-order valence-corrected chi connectivity index (χ2v) is 5.72. The molecule has 4 aromatic rings. The highest BCUT2D eigenvalue weighted by atomic mass is 15.3. The summed E-state index contributed by atoms with van der Waals surface area (Å²) in [4.78, 5) is 11.0. The average Bonchev–Trinajstić information content (AvgIpc) is 3.06. The van der Waals surface area contributed by atoms with Crippen LogP contribution >= 0.6 is 0 Å². The van der Waals surface area contributed by atoms with Crippen molar-refractivity contribution in [2.24, 2.45) is 0 Å². The van der Waals surface area contributed by atoms with Crippen LogP contribution in [0.5, 0.6) is 0 Å². The van der Waals surface area contributed by atoms with Gasteiger partial charge < -0.3 is 4.90 Å². The molecular weight excluding hydrogens is 298 g/mol. The molecule has 0 radical (unpaired) electrons. The van der Waals surface area contributed by atoms with Crippen LogP contribution in [0.2, 0.25) is 0 Å². The van der Waals surface area contributed by atoms with Gasteiger partial charge in [0.2, 0.25) is 0 Å².